The molecule has 24 heavy (non-hydrogen) atoms. The Bertz CT molecular complexity index is 687. The van der Waals surface area contributed by atoms with E-state index in [1.54, 1.807) is 17.9 Å². The first-order valence-corrected chi connectivity index (χ1v) is 9.74. The van der Waals surface area contributed by atoms with Gasteiger partial charge >= 0.3 is 0 Å². The van der Waals surface area contributed by atoms with Crippen LogP contribution < -0.4 is 0 Å². The summed E-state index contributed by atoms with van der Waals surface area (Å²) in [6, 6.07) is 5.51. The summed E-state index contributed by atoms with van der Waals surface area (Å²) < 4.78 is 27.0. The van der Waals surface area contributed by atoms with Crippen molar-refractivity contribution in [3.05, 3.63) is 29.3 Å². The first-order valence-electron chi connectivity index (χ1n) is 8.30. The Morgan fingerprint density at radius 3 is 2.12 bits per heavy atom. The third-order valence-electron chi connectivity index (χ3n) is 4.22. The maximum Gasteiger partial charge on any atom is 0.243 e. The minimum atomic E-state index is -3.71. The molecule has 0 unspecified atom stereocenters. The van der Waals surface area contributed by atoms with Crippen molar-refractivity contribution >= 4 is 15.9 Å². The van der Waals surface area contributed by atoms with Crippen LogP contribution in [0.5, 0.6) is 0 Å². The van der Waals surface area contributed by atoms with Crippen LogP contribution >= 0.6 is 0 Å². The summed E-state index contributed by atoms with van der Waals surface area (Å²) in [5.74, 6) is -0.185. The smallest absolute Gasteiger partial charge is 0.243 e. The lowest BCUT2D eigenvalue weighted by atomic mass is 9.87. The number of benzene rings is 1. The molecule has 0 heterocycles. The molecule has 136 valence electrons. The van der Waals surface area contributed by atoms with Crippen LogP contribution in [-0.4, -0.2) is 50.2 Å². The molecular formula is C18H30N2O3S. The van der Waals surface area contributed by atoms with Gasteiger partial charge in [-0.2, -0.15) is 4.31 Å². The Morgan fingerprint density at radius 1 is 1.12 bits per heavy atom. The van der Waals surface area contributed by atoms with Gasteiger partial charge in [-0.05, 0) is 43.4 Å². The fourth-order valence-corrected chi connectivity index (χ4v) is 3.83. The maximum atomic E-state index is 12.9. The van der Waals surface area contributed by atoms with Crippen molar-refractivity contribution < 1.29 is 13.2 Å². The largest absolute Gasteiger partial charge is 0.342 e. The van der Waals surface area contributed by atoms with Crippen LogP contribution in [0.15, 0.2) is 23.1 Å². The molecule has 0 aliphatic heterocycles. The average Bonchev–Trinajstić information content (AvgIpc) is 2.47. The number of carbonyl (C=O) groups is 1. The maximum absolute atomic E-state index is 12.9. The van der Waals surface area contributed by atoms with E-state index < -0.39 is 10.0 Å². The van der Waals surface area contributed by atoms with E-state index >= 15 is 0 Å². The molecule has 0 spiro atoms. The van der Waals surface area contributed by atoms with Crippen LogP contribution in [0.2, 0.25) is 0 Å². The Kier molecular flexibility index (Phi) is 6.59. The number of amides is 1. The summed E-state index contributed by atoms with van der Waals surface area (Å²) in [5.41, 5.74) is 1.49. The van der Waals surface area contributed by atoms with E-state index in [0.717, 1.165) is 9.87 Å². The second-order valence-electron chi connectivity index (χ2n) is 7.06. The fourth-order valence-electron chi connectivity index (χ4n) is 2.46. The molecule has 0 fully saturated rings. The normalized spacial score (nSPS) is 12.5. The molecule has 0 saturated carbocycles. The standard InChI is InChI=1S/C18H30N2O3S/c1-8-20(9-2)17(21)13-19(7)24(22,23)16-12-15(18(4,5)6)11-10-14(16)3/h10-12H,8-9,13H2,1-7H3. The van der Waals surface area contributed by atoms with Crippen molar-refractivity contribution in [1.29, 1.82) is 0 Å². The number of carbonyl (C=O) groups excluding carboxylic acids is 1. The van der Waals surface area contributed by atoms with Crippen molar-refractivity contribution in [2.24, 2.45) is 0 Å². The van der Waals surface area contributed by atoms with E-state index in [9.17, 15) is 13.2 Å². The molecule has 0 radical (unpaired) electrons. The topological polar surface area (TPSA) is 57.7 Å². The monoisotopic (exact) mass is 354 g/mol. The molecule has 6 heteroatoms. The van der Waals surface area contributed by atoms with Gasteiger partial charge in [0.05, 0.1) is 11.4 Å². The first kappa shape index (κ1) is 20.6. The predicted octanol–water partition coefficient (Wildman–Crippen LogP) is 2.78. The lowest BCUT2D eigenvalue weighted by Gasteiger charge is -2.25. The molecule has 5 nitrogen and oxygen atoms in total. The summed E-state index contributed by atoms with van der Waals surface area (Å²) >= 11 is 0. The fraction of sp³-hybridized carbons (Fsp3) is 0.611. The van der Waals surface area contributed by atoms with Gasteiger partial charge in [0.2, 0.25) is 15.9 Å². The van der Waals surface area contributed by atoms with Crippen LogP contribution in [0, 0.1) is 6.92 Å². The van der Waals surface area contributed by atoms with Gasteiger partial charge < -0.3 is 4.90 Å². The van der Waals surface area contributed by atoms with Crippen LogP contribution in [0.1, 0.15) is 45.7 Å². The van der Waals surface area contributed by atoms with Gasteiger partial charge in [0.25, 0.3) is 0 Å². The Labute approximate surface area is 146 Å². The molecule has 0 atom stereocenters. The lowest BCUT2D eigenvalue weighted by molar-refractivity contribution is -0.130. The summed E-state index contributed by atoms with van der Waals surface area (Å²) in [6.45, 7) is 12.7. The van der Waals surface area contributed by atoms with E-state index in [-0.39, 0.29) is 22.8 Å². The Balaban J connectivity index is 3.18. The van der Waals surface area contributed by atoms with Crippen molar-refractivity contribution in [2.45, 2.75) is 51.9 Å². The molecular weight excluding hydrogens is 324 g/mol. The first-order chi connectivity index (χ1) is 10.9. The number of hydrogen-bond acceptors (Lipinski definition) is 3. The molecule has 1 amide bonds. The average molecular weight is 355 g/mol. The highest BCUT2D eigenvalue weighted by molar-refractivity contribution is 7.89. The molecule has 1 aromatic carbocycles. The van der Waals surface area contributed by atoms with Crippen LogP contribution in [-0.2, 0) is 20.2 Å². The van der Waals surface area contributed by atoms with Crippen molar-refractivity contribution in [3.63, 3.8) is 0 Å². The highest BCUT2D eigenvalue weighted by Gasteiger charge is 2.27. The summed E-state index contributed by atoms with van der Waals surface area (Å²) in [4.78, 5) is 14.1. The number of hydrogen-bond donors (Lipinski definition) is 0. The number of likely N-dealkylation sites (N-methyl/N-ethyl adjacent to an activating group) is 2. The molecule has 0 aliphatic rings. The molecule has 0 aromatic heterocycles. The second kappa shape index (κ2) is 7.66. The second-order valence-corrected chi connectivity index (χ2v) is 9.07. The molecule has 0 aliphatic carbocycles. The van der Waals surface area contributed by atoms with Gasteiger partial charge in [0.1, 0.15) is 0 Å². The van der Waals surface area contributed by atoms with E-state index in [0.29, 0.717) is 18.7 Å². The molecule has 0 bridgehead atoms. The third kappa shape index (κ3) is 4.57. The summed E-state index contributed by atoms with van der Waals surface area (Å²) in [7, 11) is -2.25. The van der Waals surface area contributed by atoms with E-state index in [1.165, 1.54) is 7.05 Å². The molecule has 1 rings (SSSR count). The third-order valence-corrected chi connectivity index (χ3v) is 6.16. The van der Waals surface area contributed by atoms with E-state index in [1.807, 2.05) is 46.8 Å². The van der Waals surface area contributed by atoms with Crippen LogP contribution in [0.4, 0.5) is 0 Å². The number of aryl methyl sites for hydroxylation is 1. The van der Waals surface area contributed by atoms with Crippen LogP contribution in [0.3, 0.4) is 0 Å². The van der Waals surface area contributed by atoms with Gasteiger partial charge in [-0.15, -0.1) is 0 Å². The predicted molar refractivity (Wildman–Crippen MR) is 97.6 cm³/mol. The van der Waals surface area contributed by atoms with Gasteiger partial charge in [-0.1, -0.05) is 32.9 Å². The van der Waals surface area contributed by atoms with Gasteiger partial charge in [0.15, 0.2) is 0 Å². The number of sulfonamides is 1. The Hall–Kier alpha value is -1.40. The molecule has 1 aromatic rings. The highest BCUT2D eigenvalue weighted by atomic mass is 32.2. The lowest BCUT2D eigenvalue weighted by Crippen LogP contribution is -2.41. The van der Waals surface area contributed by atoms with Crippen molar-refractivity contribution in [3.8, 4) is 0 Å². The minimum absolute atomic E-state index is 0.145. The number of rotatable bonds is 6. The van der Waals surface area contributed by atoms with E-state index in [4.69, 9.17) is 0 Å². The van der Waals surface area contributed by atoms with Gasteiger partial charge in [0, 0.05) is 20.1 Å². The minimum Gasteiger partial charge on any atom is -0.342 e. The van der Waals surface area contributed by atoms with E-state index in [2.05, 4.69) is 0 Å². The quantitative estimate of drug-likeness (QED) is 0.789. The zero-order valence-corrected chi connectivity index (χ0v) is 16.7. The summed E-state index contributed by atoms with van der Waals surface area (Å²) in [5, 5.41) is 0. The zero-order chi connectivity index (χ0) is 18.7. The molecule has 0 saturated heterocycles. The van der Waals surface area contributed by atoms with Gasteiger partial charge in [-0.25, -0.2) is 8.42 Å². The number of nitrogens with zero attached hydrogens (tertiary/aromatic N) is 2. The summed E-state index contributed by atoms with van der Waals surface area (Å²) in [6.07, 6.45) is 0. The van der Waals surface area contributed by atoms with Gasteiger partial charge in [-0.3, -0.25) is 4.79 Å². The van der Waals surface area contributed by atoms with Crippen LogP contribution in [0.25, 0.3) is 0 Å². The van der Waals surface area contributed by atoms with Crippen molar-refractivity contribution in [2.75, 3.05) is 26.7 Å². The Morgan fingerprint density at radius 2 is 1.67 bits per heavy atom. The van der Waals surface area contributed by atoms with Crippen molar-refractivity contribution in [1.82, 2.24) is 9.21 Å². The zero-order valence-electron chi connectivity index (χ0n) is 15.9. The highest BCUT2D eigenvalue weighted by Crippen LogP contribution is 2.27. The SMILES string of the molecule is CCN(CC)C(=O)CN(C)S(=O)(=O)c1cc(C(C)(C)C)ccc1C. The molecule has 0 N–H and O–H groups in total.